The van der Waals surface area contributed by atoms with Gasteiger partial charge in [0.25, 0.3) is 0 Å². The highest BCUT2D eigenvalue weighted by atomic mass is 35.5. The third-order valence-corrected chi connectivity index (χ3v) is 2.64. The van der Waals surface area contributed by atoms with Gasteiger partial charge >= 0.3 is 0 Å². The second-order valence-corrected chi connectivity index (χ2v) is 3.91. The van der Waals surface area contributed by atoms with Gasteiger partial charge in [0.05, 0.1) is 12.8 Å². The minimum atomic E-state index is 0.507. The molecular weight excluding hydrogens is 222 g/mol. The maximum Gasteiger partial charge on any atom is 0.129 e. The molecule has 0 amide bonds. The lowest BCUT2D eigenvalue weighted by Crippen LogP contribution is -1.89. The summed E-state index contributed by atoms with van der Waals surface area (Å²) >= 11 is 5.87. The second kappa shape index (κ2) is 4.54. The molecule has 0 spiro atoms. The van der Waals surface area contributed by atoms with E-state index in [1.807, 2.05) is 37.3 Å². The van der Waals surface area contributed by atoms with E-state index in [9.17, 15) is 0 Å². The molecule has 1 heterocycles. The topological polar surface area (TPSA) is 22.1 Å². The van der Waals surface area contributed by atoms with Crippen molar-refractivity contribution in [3.8, 4) is 17.0 Å². The van der Waals surface area contributed by atoms with Gasteiger partial charge in [0.15, 0.2) is 0 Å². The van der Waals surface area contributed by atoms with E-state index >= 15 is 0 Å². The summed E-state index contributed by atoms with van der Waals surface area (Å²) in [6, 6.07) is 11.5. The summed E-state index contributed by atoms with van der Waals surface area (Å²) in [6.07, 6.45) is 0. The van der Waals surface area contributed by atoms with Crippen LogP contribution in [0.2, 0.25) is 5.15 Å². The van der Waals surface area contributed by atoms with Crippen molar-refractivity contribution in [2.24, 2.45) is 0 Å². The molecule has 3 heteroatoms. The first-order valence-electron chi connectivity index (χ1n) is 4.98. The summed E-state index contributed by atoms with van der Waals surface area (Å²) < 4.78 is 5.16. The van der Waals surface area contributed by atoms with Crippen LogP contribution in [0.3, 0.4) is 0 Å². The Morgan fingerprint density at radius 3 is 2.62 bits per heavy atom. The first kappa shape index (κ1) is 11.0. The molecule has 0 fully saturated rings. The number of halogens is 1. The van der Waals surface area contributed by atoms with E-state index in [0.717, 1.165) is 22.6 Å². The molecule has 0 bridgehead atoms. The van der Waals surface area contributed by atoms with Gasteiger partial charge in [-0.15, -0.1) is 0 Å². The average Bonchev–Trinajstić information content (AvgIpc) is 2.28. The van der Waals surface area contributed by atoms with Crippen LogP contribution in [0.1, 0.15) is 5.56 Å². The van der Waals surface area contributed by atoms with Gasteiger partial charge in [0.1, 0.15) is 10.9 Å². The van der Waals surface area contributed by atoms with Crippen molar-refractivity contribution < 1.29 is 4.74 Å². The molecule has 0 unspecified atom stereocenters. The van der Waals surface area contributed by atoms with Crippen molar-refractivity contribution >= 4 is 11.6 Å². The van der Waals surface area contributed by atoms with E-state index < -0.39 is 0 Å². The molecule has 2 aromatic rings. The number of aryl methyl sites for hydroxylation is 1. The van der Waals surface area contributed by atoms with Gasteiger partial charge in [-0.25, -0.2) is 4.98 Å². The second-order valence-electron chi connectivity index (χ2n) is 3.53. The summed E-state index contributed by atoms with van der Waals surface area (Å²) in [5, 5.41) is 0.507. The third kappa shape index (κ3) is 2.17. The molecule has 0 saturated heterocycles. The lowest BCUT2D eigenvalue weighted by molar-refractivity contribution is 0.414. The molecule has 2 nitrogen and oxygen atoms in total. The van der Waals surface area contributed by atoms with Crippen LogP contribution in [0.15, 0.2) is 36.4 Å². The molecule has 0 atom stereocenters. The van der Waals surface area contributed by atoms with Crippen LogP contribution in [0, 0.1) is 6.92 Å². The van der Waals surface area contributed by atoms with Gasteiger partial charge in [-0.1, -0.05) is 17.7 Å². The first-order valence-corrected chi connectivity index (χ1v) is 5.36. The SMILES string of the molecule is COc1ccc(-c2cccc(Cl)n2)c(C)c1. The quantitative estimate of drug-likeness (QED) is 0.738. The molecule has 1 aromatic heterocycles. The number of aromatic nitrogens is 1. The number of hydrogen-bond acceptors (Lipinski definition) is 2. The molecule has 0 N–H and O–H groups in total. The number of nitrogens with zero attached hydrogens (tertiary/aromatic N) is 1. The summed E-state index contributed by atoms with van der Waals surface area (Å²) in [7, 11) is 1.66. The summed E-state index contributed by atoms with van der Waals surface area (Å²) in [5.41, 5.74) is 3.07. The van der Waals surface area contributed by atoms with Crippen LogP contribution in [0.4, 0.5) is 0 Å². The minimum Gasteiger partial charge on any atom is -0.497 e. The number of ether oxygens (including phenoxy) is 1. The van der Waals surface area contributed by atoms with Gasteiger partial charge in [0, 0.05) is 5.56 Å². The van der Waals surface area contributed by atoms with Crippen LogP contribution >= 0.6 is 11.6 Å². The van der Waals surface area contributed by atoms with Gasteiger partial charge in [-0.05, 0) is 42.8 Å². The van der Waals surface area contributed by atoms with Crippen molar-refractivity contribution in [1.82, 2.24) is 4.98 Å². The molecule has 1 aromatic carbocycles. The standard InChI is InChI=1S/C13H12ClNO/c1-9-8-10(16-2)6-7-11(9)12-4-3-5-13(14)15-12/h3-8H,1-2H3. The lowest BCUT2D eigenvalue weighted by atomic mass is 10.1. The highest BCUT2D eigenvalue weighted by Gasteiger charge is 2.04. The number of pyridine rings is 1. The Kier molecular flexibility index (Phi) is 3.11. The molecule has 0 aliphatic rings. The van der Waals surface area contributed by atoms with E-state index in [0.29, 0.717) is 5.15 Å². The van der Waals surface area contributed by atoms with E-state index in [4.69, 9.17) is 16.3 Å². The van der Waals surface area contributed by atoms with Crippen molar-refractivity contribution in [3.63, 3.8) is 0 Å². The monoisotopic (exact) mass is 233 g/mol. The van der Waals surface area contributed by atoms with Gasteiger partial charge < -0.3 is 4.74 Å². The summed E-state index contributed by atoms with van der Waals surface area (Å²) in [5.74, 6) is 0.850. The lowest BCUT2D eigenvalue weighted by Gasteiger charge is -2.07. The summed E-state index contributed by atoms with van der Waals surface area (Å²) in [6.45, 7) is 2.03. The Hall–Kier alpha value is -1.54. The highest BCUT2D eigenvalue weighted by Crippen LogP contribution is 2.26. The normalized spacial score (nSPS) is 10.2. The van der Waals surface area contributed by atoms with Crippen molar-refractivity contribution in [1.29, 1.82) is 0 Å². The number of benzene rings is 1. The van der Waals surface area contributed by atoms with Gasteiger partial charge in [-0.2, -0.15) is 0 Å². The Morgan fingerprint density at radius 1 is 1.19 bits per heavy atom. The largest absolute Gasteiger partial charge is 0.497 e. The van der Waals surface area contributed by atoms with Gasteiger partial charge in [-0.3, -0.25) is 0 Å². The molecule has 0 saturated carbocycles. The summed E-state index contributed by atoms with van der Waals surface area (Å²) in [4.78, 5) is 4.28. The van der Waals surface area contributed by atoms with E-state index in [1.165, 1.54) is 0 Å². The molecule has 2 rings (SSSR count). The van der Waals surface area contributed by atoms with Crippen LogP contribution < -0.4 is 4.74 Å². The smallest absolute Gasteiger partial charge is 0.129 e. The fourth-order valence-corrected chi connectivity index (χ4v) is 1.77. The fraction of sp³-hybridized carbons (Fsp3) is 0.154. The fourth-order valence-electron chi connectivity index (χ4n) is 1.61. The van der Waals surface area contributed by atoms with Crippen molar-refractivity contribution in [2.45, 2.75) is 6.92 Å². The molecule has 0 aliphatic carbocycles. The van der Waals surface area contributed by atoms with Crippen LogP contribution in [0.25, 0.3) is 11.3 Å². The highest BCUT2D eigenvalue weighted by molar-refractivity contribution is 6.29. The van der Waals surface area contributed by atoms with Crippen LogP contribution in [0.5, 0.6) is 5.75 Å². The Balaban J connectivity index is 2.48. The number of methoxy groups -OCH3 is 1. The molecule has 82 valence electrons. The van der Waals surface area contributed by atoms with E-state index in [-0.39, 0.29) is 0 Å². The Labute approximate surface area is 99.9 Å². The Morgan fingerprint density at radius 2 is 2.00 bits per heavy atom. The van der Waals surface area contributed by atoms with Crippen molar-refractivity contribution in [3.05, 3.63) is 47.1 Å². The Bertz CT molecular complexity index is 511. The maximum absolute atomic E-state index is 5.87. The minimum absolute atomic E-state index is 0.507. The predicted octanol–water partition coefficient (Wildman–Crippen LogP) is 3.72. The number of rotatable bonds is 2. The van der Waals surface area contributed by atoms with Crippen molar-refractivity contribution in [2.75, 3.05) is 7.11 Å². The first-order chi connectivity index (χ1) is 7.70. The molecule has 16 heavy (non-hydrogen) atoms. The van der Waals surface area contributed by atoms with Crippen LogP contribution in [-0.4, -0.2) is 12.1 Å². The van der Waals surface area contributed by atoms with Crippen LogP contribution in [-0.2, 0) is 0 Å². The molecular formula is C13H12ClNO. The zero-order valence-corrected chi connectivity index (χ0v) is 9.95. The third-order valence-electron chi connectivity index (χ3n) is 2.42. The van der Waals surface area contributed by atoms with Gasteiger partial charge in [0.2, 0.25) is 0 Å². The average molecular weight is 234 g/mol. The predicted molar refractivity (Wildman–Crippen MR) is 66.0 cm³/mol. The molecule has 0 radical (unpaired) electrons. The van der Waals surface area contributed by atoms with E-state index in [2.05, 4.69) is 4.98 Å². The zero-order chi connectivity index (χ0) is 11.5. The molecule has 0 aliphatic heterocycles. The maximum atomic E-state index is 5.87. The number of hydrogen-bond donors (Lipinski definition) is 0. The van der Waals surface area contributed by atoms with E-state index in [1.54, 1.807) is 13.2 Å². The zero-order valence-electron chi connectivity index (χ0n) is 9.20.